The van der Waals surface area contributed by atoms with E-state index in [2.05, 4.69) is 27.2 Å². The van der Waals surface area contributed by atoms with Crippen LogP contribution in [0.4, 0.5) is 5.69 Å². The van der Waals surface area contributed by atoms with Gasteiger partial charge in [-0.3, -0.25) is 9.69 Å². The molecule has 5 nitrogen and oxygen atoms in total. The number of ether oxygens (including phenoxy) is 1. The molecular formula is C20H31N3O2. The van der Waals surface area contributed by atoms with E-state index in [0.717, 1.165) is 38.5 Å². The molecule has 138 valence electrons. The SMILES string of the molecule is COc1ccc(N2CCN(CC(=O)NCC3CCCCC3)CC2)cc1. The summed E-state index contributed by atoms with van der Waals surface area (Å²) >= 11 is 0. The predicted molar refractivity (Wildman–Crippen MR) is 101 cm³/mol. The monoisotopic (exact) mass is 345 g/mol. The van der Waals surface area contributed by atoms with Crippen molar-refractivity contribution in [3.63, 3.8) is 0 Å². The first-order valence-electron chi connectivity index (χ1n) is 9.62. The Morgan fingerprint density at radius 3 is 2.40 bits per heavy atom. The number of hydrogen-bond donors (Lipinski definition) is 1. The third kappa shape index (κ3) is 5.36. The van der Waals surface area contributed by atoms with Crippen LogP contribution in [0, 0.1) is 5.92 Å². The van der Waals surface area contributed by atoms with Crippen LogP contribution >= 0.6 is 0 Å². The lowest BCUT2D eigenvalue weighted by molar-refractivity contribution is -0.122. The minimum Gasteiger partial charge on any atom is -0.497 e. The number of benzene rings is 1. The van der Waals surface area contributed by atoms with Crippen LogP contribution in [-0.2, 0) is 4.79 Å². The highest BCUT2D eigenvalue weighted by Gasteiger charge is 2.20. The van der Waals surface area contributed by atoms with Crippen molar-refractivity contribution in [3.8, 4) is 5.75 Å². The summed E-state index contributed by atoms with van der Waals surface area (Å²) in [6.07, 6.45) is 6.58. The first kappa shape index (κ1) is 18.1. The third-order valence-electron chi connectivity index (χ3n) is 5.49. The van der Waals surface area contributed by atoms with Crippen molar-refractivity contribution in [1.82, 2.24) is 10.2 Å². The second kappa shape index (κ2) is 9.09. The summed E-state index contributed by atoms with van der Waals surface area (Å²) in [4.78, 5) is 16.8. The quantitative estimate of drug-likeness (QED) is 0.860. The Morgan fingerprint density at radius 2 is 1.76 bits per heavy atom. The molecule has 2 fully saturated rings. The molecule has 1 aromatic rings. The number of rotatable bonds is 6. The van der Waals surface area contributed by atoms with Crippen LogP contribution in [0.5, 0.6) is 5.75 Å². The number of nitrogens with zero attached hydrogens (tertiary/aromatic N) is 2. The Balaban J connectivity index is 1.37. The van der Waals surface area contributed by atoms with Gasteiger partial charge in [0, 0.05) is 38.4 Å². The van der Waals surface area contributed by atoms with E-state index in [1.165, 1.54) is 37.8 Å². The molecule has 1 aliphatic carbocycles. The molecule has 0 aromatic heterocycles. The molecule has 1 aromatic carbocycles. The zero-order valence-corrected chi connectivity index (χ0v) is 15.4. The van der Waals surface area contributed by atoms with Crippen molar-refractivity contribution in [2.45, 2.75) is 32.1 Å². The highest BCUT2D eigenvalue weighted by molar-refractivity contribution is 5.78. The van der Waals surface area contributed by atoms with Gasteiger partial charge in [-0.05, 0) is 43.0 Å². The average molecular weight is 345 g/mol. The van der Waals surface area contributed by atoms with Gasteiger partial charge in [-0.1, -0.05) is 19.3 Å². The lowest BCUT2D eigenvalue weighted by atomic mass is 9.89. The molecule has 1 saturated carbocycles. The molecule has 1 saturated heterocycles. The number of piperazine rings is 1. The molecule has 25 heavy (non-hydrogen) atoms. The smallest absolute Gasteiger partial charge is 0.234 e. The molecule has 0 spiro atoms. The normalized spacial score (nSPS) is 19.6. The molecule has 1 amide bonds. The molecule has 0 bridgehead atoms. The van der Waals surface area contributed by atoms with Gasteiger partial charge >= 0.3 is 0 Å². The first-order chi connectivity index (χ1) is 12.2. The summed E-state index contributed by atoms with van der Waals surface area (Å²) < 4.78 is 5.21. The number of methoxy groups -OCH3 is 1. The standard InChI is InChI=1S/C20H31N3O2/c1-25-19-9-7-18(8-10-19)23-13-11-22(12-14-23)16-20(24)21-15-17-5-3-2-4-6-17/h7-10,17H,2-6,11-16H2,1H3,(H,21,24). The van der Waals surface area contributed by atoms with E-state index in [-0.39, 0.29) is 5.91 Å². The van der Waals surface area contributed by atoms with E-state index in [0.29, 0.717) is 12.5 Å². The zero-order valence-electron chi connectivity index (χ0n) is 15.4. The molecule has 1 heterocycles. The minimum absolute atomic E-state index is 0.184. The summed E-state index contributed by atoms with van der Waals surface area (Å²) in [5.74, 6) is 1.77. The van der Waals surface area contributed by atoms with Crippen molar-refractivity contribution in [1.29, 1.82) is 0 Å². The van der Waals surface area contributed by atoms with Gasteiger partial charge < -0.3 is 15.0 Å². The van der Waals surface area contributed by atoms with Gasteiger partial charge in [0.1, 0.15) is 5.75 Å². The highest BCUT2D eigenvalue weighted by atomic mass is 16.5. The Kier molecular flexibility index (Phi) is 6.56. The van der Waals surface area contributed by atoms with Crippen LogP contribution in [0.25, 0.3) is 0 Å². The second-order valence-corrected chi connectivity index (χ2v) is 7.27. The van der Waals surface area contributed by atoms with Crippen molar-refractivity contribution >= 4 is 11.6 Å². The largest absolute Gasteiger partial charge is 0.497 e. The van der Waals surface area contributed by atoms with E-state index < -0.39 is 0 Å². The van der Waals surface area contributed by atoms with E-state index >= 15 is 0 Å². The van der Waals surface area contributed by atoms with E-state index in [4.69, 9.17) is 4.74 Å². The summed E-state index contributed by atoms with van der Waals surface area (Å²) in [6, 6.07) is 8.21. The molecule has 1 aliphatic heterocycles. The van der Waals surface area contributed by atoms with Gasteiger partial charge in [0.15, 0.2) is 0 Å². The van der Waals surface area contributed by atoms with Crippen LogP contribution in [0.2, 0.25) is 0 Å². The minimum atomic E-state index is 0.184. The molecule has 5 heteroatoms. The Hall–Kier alpha value is -1.75. The number of hydrogen-bond acceptors (Lipinski definition) is 4. The number of anilines is 1. The van der Waals surface area contributed by atoms with Gasteiger partial charge in [0.05, 0.1) is 13.7 Å². The van der Waals surface area contributed by atoms with Gasteiger partial charge in [-0.25, -0.2) is 0 Å². The number of carbonyl (C=O) groups excluding carboxylic acids is 1. The maximum absolute atomic E-state index is 12.2. The van der Waals surface area contributed by atoms with Crippen molar-refractivity contribution in [3.05, 3.63) is 24.3 Å². The second-order valence-electron chi connectivity index (χ2n) is 7.27. The molecule has 0 unspecified atom stereocenters. The Morgan fingerprint density at radius 1 is 1.08 bits per heavy atom. The molecule has 0 radical (unpaired) electrons. The fourth-order valence-corrected chi connectivity index (χ4v) is 3.87. The van der Waals surface area contributed by atoms with Crippen LogP contribution in [0.1, 0.15) is 32.1 Å². The van der Waals surface area contributed by atoms with Gasteiger partial charge in [-0.15, -0.1) is 0 Å². The molecule has 3 rings (SSSR count). The molecule has 1 N–H and O–H groups in total. The number of carbonyl (C=O) groups is 1. The Bertz CT molecular complexity index is 532. The summed E-state index contributed by atoms with van der Waals surface area (Å²) in [6.45, 7) is 5.18. The number of nitrogens with one attached hydrogen (secondary N) is 1. The average Bonchev–Trinajstić information content (AvgIpc) is 2.68. The predicted octanol–water partition coefficient (Wildman–Crippen LogP) is 2.51. The highest BCUT2D eigenvalue weighted by Crippen LogP contribution is 2.23. The summed E-state index contributed by atoms with van der Waals surface area (Å²) in [5, 5.41) is 3.15. The fraction of sp³-hybridized carbons (Fsp3) is 0.650. The summed E-state index contributed by atoms with van der Waals surface area (Å²) in [5.41, 5.74) is 1.22. The van der Waals surface area contributed by atoms with Crippen molar-refractivity contribution < 1.29 is 9.53 Å². The maximum Gasteiger partial charge on any atom is 0.234 e. The van der Waals surface area contributed by atoms with Gasteiger partial charge in [-0.2, -0.15) is 0 Å². The third-order valence-corrected chi connectivity index (χ3v) is 5.49. The molecular weight excluding hydrogens is 314 g/mol. The first-order valence-corrected chi connectivity index (χ1v) is 9.62. The van der Waals surface area contributed by atoms with E-state index in [9.17, 15) is 4.79 Å². The summed E-state index contributed by atoms with van der Waals surface area (Å²) in [7, 11) is 1.69. The fourth-order valence-electron chi connectivity index (χ4n) is 3.87. The van der Waals surface area contributed by atoms with Crippen molar-refractivity contribution in [2.75, 3.05) is 51.3 Å². The maximum atomic E-state index is 12.2. The van der Waals surface area contributed by atoms with Crippen LogP contribution < -0.4 is 15.0 Å². The topological polar surface area (TPSA) is 44.8 Å². The van der Waals surface area contributed by atoms with Crippen LogP contribution in [0.15, 0.2) is 24.3 Å². The number of amides is 1. The lowest BCUT2D eigenvalue weighted by Gasteiger charge is -2.35. The lowest BCUT2D eigenvalue weighted by Crippen LogP contribution is -2.49. The van der Waals surface area contributed by atoms with E-state index in [1.807, 2.05) is 12.1 Å². The van der Waals surface area contributed by atoms with Crippen molar-refractivity contribution in [2.24, 2.45) is 5.92 Å². The van der Waals surface area contributed by atoms with Crippen LogP contribution in [-0.4, -0.2) is 57.2 Å². The van der Waals surface area contributed by atoms with E-state index in [1.54, 1.807) is 7.11 Å². The zero-order chi connectivity index (χ0) is 17.5. The molecule has 0 atom stereocenters. The van der Waals surface area contributed by atoms with Gasteiger partial charge in [0.25, 0.3) is 0 Å². The van der Waals surface area contributed by atoms with Crippen LogP contribution in [0.3, 0.4) is 0 Å². The van der Waals surface area contributed by atoms with Gasteiger partial charge in [0.2, 0.25) is 5.91 Å². The Labute approximate surface area is 151 Å². The molecule has 2 aliphatic rings.